The van der Waals surface area contributed by atoms with Gasteiger partial charge in [0.15, 0.2) is 5.65 Å². The summed E-state index contributed by atoms with van der Waals surface area (Å²) in [7, 11) is 0. The zero-order valence-corrected chi connectivity index (χ0v) is 16.0. The van der Waals surface area contributed by atoms with Crippen LogP contribution in [0.1, 0.15) is 61.6 Å². The fourth-order valence-corrected chi connectivity index (χ4v) is 3.77. The molecule has 2 fully saturated rings. The van der Waals surface area contributed by atoms with Crippen molar-refractivity contribution in [3.63, 3.8) is 0 Å². The molecule has 1 aliphatic heterocycles. The fraction of sp³-hybridized carbons (Fsp3) is 0.650. The molecule has 0 atom stereocenters. The van der Waals surface area contributed by atoms with Crippen LogP contribution in [-0.2, 0) is 0 Å². The molecule has 140 valence electrons. The number of nitrogens with one attached hydrogen (secondary N) is 1. The molecule has 1 N–H and O–H groups in total. The zero-order chi connectivity index (χ0) is 18.3. The van der Waals surface area contributed by atoms with Crippen LogP contribution in [0.3, 0.4) is 0 Å². The fourth-order valence-electron chi connectivity index (χ4n) is 3.77. The lowest BCUT2D eigenvalue weighted by molar-refractivity contribution is 0.0704. The topological polar surface area (TPSA) is 63.1 Å². The number of hydrogen-bond acceptors (Lipinski definition) is 4. The van der Waals surface area contributed by atoms with Gasteiger partial charge in [-0.2, -0.15) is 5.10 Å². The van der Waals surface area contributed by atoms with Crippen LogP contribution in [0.5, 0.6) is 0 Å². The zero-order valence-electron chi connectivity index (χ0n) is 16.0. The number of fused-ring (bicyclic) bond motifs is 1. The molecule has 0 spiro atoms. The van der Waals surface area contributed by atoms with Gasteiger partial charge in [-0.15, -0.1) is 0 Å². The van der Waals surface area contributed by atoms with Crippen molar-refractivity contribution in [1.82, 2.24) is 25.0 Å². The molecule has 0 unspecified atom stereocenters. The van der Waals surface area contributed by atoms with Gasteiger partial charge in [-0.3, -0.25) is 4.79 Å². The Morgan fingerprint density at radius 2 is 2.00 bits per heavy atom. The summed E-state index contributed by atoms with van der Waals surface area (Å²) in [6.07, 6.45) is 6.66. The van der Waals surface area contributed by atoms with Crippen molar-refractivity contribution in [2.75, 3.05) is 19.6 Å². The van der Waals surface area contributed by atoms with E-state index in [0.717, 1.165) is 55.1 Å². The van der Waals surface area contributed by atoms with Gasteiger partial charge in [0.25, 0.3) is 5.91 Å². The van der Waals surface area contributed by atoms with Crippen molar-refractivity contribution in [2.45, 2.75) is 58.5 Å². The van der Waals surface area contributed by atoms with Gasteiger partial charge in [0, 0.05) is 30.6 Å². The number of amides is 1. The predicted octanol–water partition coefficient (Wildman–Crippen LogP) is 2.92. The summed E-state index contributed by atoms with van der Waals surface area (Å²) in [4.78, 5) is 19.7. The minimum Gasteiger partial charge on any atom is -0.338 e. The van der Waals surface area contributed by atoms with Gasteiger partial charge in [-0.1, -0.05) is 0 Å². The van der Waals surface area contributed by atoms with E-state index in [-0.39, 0.29) is 11.9 Å². The summed E-state index contributed by atoms with van der Waals surface area (Å²) in [6.45, 7) is 8.90. The van der Waals surface area contributed by atoms with Crippen LogP contribution in [0.4, 0.5) is 0 Å². The summed E-state index contributed by atoms with van der Waals surface area (Å²) in [5.74, 6) is 1.01. The molecule has 0 bridgehead atoms. The highest BCUT2D eigenvalue weighted by Crippen LogP contribution is 2.28. The Morgan fingerprint density at radius 1 is 1.27 bits per heavy atom. The highest BCUT2D eigenvalue weighted by molar-refractivity contribution is 5.98. The Labute approximate surface area is 155 Å². The number of aromatic nitrogens is 3. The maximum Gasteiger partial charge on any atom is 0.255 e. The van der Waals surface area contributed by atoms with Crippen molar-refractivity contribution in [3.8, 4) is 0 Å². The highest BCUT2D eigenvalue weighted by atomic mass is 16.2. The third-order valence-corrected chi connectivity index (χ3v) is 5.65. The van der Waals surface area contributed by atoms with Crippen molar-refractivity contribution in [3.05, 3.63) is 23.5 Å². The first kappa shape index (κ1) is 17.5. The van der Waals surface area contributed by atoms with Crippen molar-refractivity contribution < 1.29 is 4.79 Å². The summed E-state index contributed by atoms with van der Waals surface area (Å²) in [6, 6.07) is 2.78. The van der Waals surface area contributed by atoms with E-state index in [4.69, 9.17) is 0 Å². The molecule has 6 heteroatoms. The van der Waals surface area contributed by atoms with Crippen LogP contribution in [-0.4, -0.2) is 51.2 Å². The van der Waals surface area contributed by atoms with Gasteiger partial charge >= 0.3 is 0 Å². The molecule has 2 aliphatic rings. The molecule has 0 aromatic carbocycles. The Kier molecular flexibility index (Phi) is 4.69. The van der Waals surface area contributed by atoms with Crippen LogP contribution < -0.4 is 5.32 Å². The van der Waals surface area contributed by atoms with Crippen LogP contribution in [0, 0.1) is 12.8 Å². The van der Waals surface area contributed by atoms with Crippen LogP contribution in [0.15, 0.2) is 12.3 Å². The second-order valence-electron chi connectivity index (χ2n) is 8.14. The molecule has 2 aromatic heterocycles. The number of nitrogens with zero attached hydrogens (tertiary/aromatic N) is 4. The molecule has 3 heterocycles. The highest BCUT2D eigenvalue weighted by Gasteiger charge is 2.27. The molecule has 4 rings (SSSR count). The molecule has 1 saturated heterocycles. The molecule has 26 heavy (non-hydrogen) atoms. The molecule has 1 amide bonds. The van der Waals surface area contributed by atoms with Gasteiger partial charge in [0.1, 0.15) is 0 Å². The summed E-state index contributed by atoms with van der Waals surface area (Å²) < 4.78 is 1.91. The molecule has 2 aromatic rings. The quantitative estimate of drug-likeness (QED) is 0.896. The van der Waals surface area contributed by atoms with Gasteiger partial charge in [0.05, 0.1) is 17.5 Å². The van der Waals surface area contributed by atoms with Crippen molar-refractivity contribution in [1.29, 1.82) is 0 Å². The van der Waals surface area contributed by atoms with Gasteiger partial charge < -0.3 is 10.2 Å². The average Bonchev–Trinajstić information content (AvgIpc) is 3.37. The average molecular weight is 355 g/mol. The maximum atomic E-state index is 13.0. The number of carbonyl (C=O) groups excluding carboxylic acids is 1. The first-order valence-electron chi connectivity index (χ1n) is 9.90. The predicted molar refractivity (Wildman–Crippen MR) is 102 cm³/mol. The Morgan fingerprint density at radius 3 is 2.65 bits per heavy atom. The summed E-state index contributed by atoms with van der Waals surface area (Å²) >= 11 is 0. The SMILES string of the molecule is Cc1nc2c(cnn2C(C)C)cc1C(=O)N1CCC(NCC2CC2)CC1. The molecular weight excluding hydrogens is 326 g/mol. The van der Waals surface area contributed by atoms with Crippen LogP contribution >= 0.6 is 0 Å². The van der Waals surface area contributed by atoms with Crippen LogP contribution in [0.25, 0.3) is 11.0 Å². The van der Waals surface area contributed by atoms with E-state index < -0.39 is 0 Å². The number of hydrogen-bond donors (Lipinski definition) is 1. The van der Waals surface area contributed by atoms with E-state index in [1.807, 2.05) is 28.8 Å². The standard InChI is InChI=1S/C20H29N5O/c1-13(2)25-19-16(12-22-25)10-18(14(3)23-19)20(26)24-8-6-17(7-9-24)21-11-15-4-5-15/h10,12-13,15,17,21H,4-9,11H2,1-3H3. The van der Waals surface area contributed by atoms with Crippen LogP contribution in [0.2, 0.25) is 0 Å². The molecule has 1 aliphatic carbocycles. The summed E-state index contributed by atoms with van der Waals surface area (Å²) in [5, 5.41) is 9.03. The maximum absolute atomic E-state index is 13.0. The Hall–Kier alpha value is -1.95. The number of carbonyl (C=O) groups is 1. The minimum atomic E-state index is 0.106. The molecular formula is C20H29N5O. The number of piperidine rings is 1. The van der Waals surface area contributed by atoms with E-state index in [1.54, 1.807) is 0 Å². The minimum absolute atomic E-state index is 0.106. The van der Waals surface area contributed by atoms with E-state index in [1.165, 1.54) is 12.8 Å². The molecule has 1 saturated carbocycles. The van der Waals surface area contributed by atoms with E-state index >= 15 is 0 Å². The Balaban J connectivity index is 1.45. The van der Waals surface area contributed by atoms with E-state index in [9.17, 15) is 4.79 Å². The third-order valence-electron chi connectivity index (χ3n) is 5.65. The number of likely N-dealkylation sites (tertiary alicyclic amines) is 1. The first-order chi connectivity index (χ1) is 12.5. The van der Waals surface area contributed by atoms with Gasteiger partial charge in [0.2, 0.25) is 0 Å². The first-order valence-corrected chi connectivity index (χ1v) is 9.90. The monoisotopic (exact) mass is 355 g/mol. The largest absolute Gasteiger partial charge is 0.338 e. The lowest BCUT2D eigenvalue weighted by Gasteiger charge is -2.32. The van der Waals surface area contributed by atoms with Crippen molar-refractivity contribution in [2.24, 2.45) is 5.92 Å². The van der Waals surface area contributed by atoms with E-state index in [0.29, 0.717) is 11.6 Å². The summed E-state index contributed by atoms with van der Waals surface area (Å²) in [5.41, 5.74) is 2.36. The molecule has 0 radical (unpaired) electrons. The third kappa shape index (κ3) is 3.47. The number of aryl methyl sites for hydroxylation is 1. The second-order valence-corrected chi connectivity index (χ2v) is 8.14. The van der Waals surface area contributed by atoms with Crippen molar-refractivity contribution >= 4 is 16.9 Å². The number of rotatable bonds is 5. The normalized spacial score (nSPS) is 18.8. The second kappa shape index (κ2) is 6.99. The molecule has 6 nitrogen and oxygen atoms in total. The van der Waals surface area contributed by atoms with Gasteiger partial charge in [-0.05, 0) is 65.0 Å². The lowest BCUT2D eigenvalue weighted by Crippen LogP contribution is -2.45. The smallest absolute Gasteiger partial charge is 0.255 e. The van der Waals surface area contributed by atoms with Gasteiger partial charge in [-0.25, -0.2) is 9.67 Å². The van der Waals surface area contributed by atoms with E-state index in [2.05, 4.69) is 29.2 Å². The Bertz CT molecular complexity index is 800. The number of pyridine rings is 1. The lowest BCUT2D eigenvalue weighted by atomic mass is 10.0.